The minimum atomic E-state index is -0.990. The number of hydrogen-bond acceptors (Lipinski definition) is 4. The summed E-state index contributed by atoms with van der Waals surface area (Å²) in [7, 11) is 0. The molecule has 5 rings (SSSR count). The van der Waals surface area contributed by atoms with Crippen LogP contribution in [0.25, 0.3) is 22.5 Å². The molecule has 0 unspecified atom stereocenters. The number of carboxylic acid groups (broad SMARTS) is 1. The van der Waals surface area contributed by atoms with Crippen molar-refractivity contribution in [2.75, 3.05) is 0 Å². The van der Waals surface area contributed by atoms with Crippen LogP contribution in [0.2, 0.25) is 0 Å². The summed E-state index contributed by atoms with van der Waals surface area (Å²) in [6, 6.07) is 23.8. The number of halogens is 4. The molecule has 0 amide bonds. The van der Waals surface area contributed by atoms with E-state index in [1.54, 1.807) is 60.9 Å². The smallest absolute Gasteiger partial charge is 0.354 e. The van der Waals surface area contributed by atoms with Gasteiger partial charge in [-0.1, -0.05) is 53.6 Å². The number of aromatic carboxylic acids is 1. The Hall–Kier alpha value is -4.27. The van der Waals surface area contributed by atoms with Crippen molar-refractivity contribution in [2.24, 2.45) is 0 Å². The van der Waals surface area contributed by atoms with E-state index in [0.717, 1.165) is 24.3 Å². The first-order chi connectivity index (χ1) is 17.8. The summed E-state index contributed by atoms with van der Waals surface area (Å²) in [4.78, 5) is 21.6. The van der Waals surface area contributed by atoms with Gasteiger partial charge in [0, 0.05) is 62.0 Å². The largest absolute Gasteiger partial charge is 0.477 e. The van der Waals surface area contributed by atoms with E-state index in [1.165, 1.54) is 12.3 Å². The molecular weight excluding hydrogens is 679 g/mol. The number of aromatic nitrogens is 3. The molecule has 0 atom stereocenters. The topological polar surface area (TPSA) is 76.0 Å². The van der Waals surface area contributed by atoms with E-state index in [9.17, 15) is 22.4 Å². The molecule has 0 spiro atoms. The van der Waals surface area contributed by atoms with Gasteiger partial charge in [-0.15, -0.1) is 24.3 Å². The van der Waals surface area contributed by atoms with Gasteiger partial charge in [0.15, 0.2) is 0 Å². The molecule has 0 aliphatic rings. The Balaban J connectivity index is 0.000000203. The van der Waals surface area contributed by atoms with Gasteiger partial charge in [0.2, 0.25) is 0 Å². The Kier molecular flexibility index (Phi) is 11.9. The number of hydrogen-bond donors (Lipinski definition) is 1. The zero-order valence-corrected chi connectivity index (χ0v) is 21.7. The molecular formula is C28H17F4IrN3O2-2. The Bertz CT molecular complexity index is 1360. The molecule has 3 heterocycles. The van der Waals surface area contributed by atoms with Crippen LogP contribution >= 0.6 is 0 Å². The van der Waals surface area contributed by atoms with Crippen LogP contribution in [0.4, 0.5) is 17.6 Å². The second-order valence-electron chi connectivity index (χ2n) is 7.03. The van der Waals surface area contributed by atoms with Gasteiger partial charge in [-0.2, -0.15) is 0 Å². The molecule has 0 fully saturated rings. The van der Waals surface area contributed by atoms with Gasteiger partial charge in [-0.25, -0.2) is 9.78 Å². The maximum Gasteiger partial charge on any atom is 0.354 e. The minimum Gasteiger partial charge on any atom is -0.477 e. The summed E-state index contributed by atoms with van der Waals surface area (Å²) in [6.45, 7) is 0. The van der Waals surface area contributed by atoms with E-state index < -0.39 is 29.2 Å². The van der Waals surface area contributed by atoms with Crippen LogP contribution in [0.15, 0.2) is 97.5 Å². The molecule has 38 heavy (non-hydrogen) atoms. The zero-order valence-electron chi connectivity index (χ0n) is 19.3. The van der Waals surface area contributed by atoms with Crippen LogP contribution in [0, 0.1) is 35.4 Å². The maximum absolute atomic E-state index is 13.2. The molecule has 195 valence electrons. The molecule has 10 heteroatoms. The summed E-state index contributed by atoms with van der Waals surface area (Å²) in [5, 5.41) is 8.32. The van der Waals surface area contributed by atoms with Crippen molar-refractivity contribution in [3.63, 3.8) is 0 Å². The normalized spacial score (nSPS) is 9.58. The van der Waals surface area contributed by atoms with Crippen molar-refractivity contribution < 1.29 is 47.6 Å². The monoisotopic (exact) mass is 696 g/mol. The third-order valence-corrected chi connectivity index (χ3v) is 4.44. The summed E-state index contributed by atoms with van der Waals surface area (Å²) >= 11 is 0. The van der Waals surface area contributed by atoms with Gasteiger partial charge >= 0.3 is 5.97 Å². The summed E-state index contributed by atoms with van der Waals surface area (Å²) in [5.41, 5.74) is 1.35. The first-order valence-corrected chi connectivity index (χ1v) is 10.6. The molecule has 3 aromatic heterocycles. The molecule has 1 N–H and O–H groups in total. The van der Waals surface area contributed by atoms with Crippen molar-refractivity contribution in [2.45, 2.75) is 0 Å². The number of carbonyl (C=O) groups is 1. The molecule has 2 aromatic carbocycles. The minimum absolute atomic E-state index is 0. The number of carboxylic acids is 1. The van der Waals surface area contributed by atoms with Crippen molar-refractivity contribution in [1.29, 1.82) is 0 Å². The molecule has 0 saturated carbocycles. The number of rotatable bonds is 3. The molecule has 0 saturated heterocycles. The van der Waals surface area contributed by atoms with E-state index in [1.807, 2.05) is 0 Å². The van der Waals surface area contributed by atoms with Crippen molar-refractivity contribution in [3.8, 4) is 22.5 Å². The number of nitrogens with zero attached hydrogens (tertiary/aromatic N) is 3. The fourth-order valence-corrected chi connectivity index (χ4v) is 2.79. The van der Waals surface area contributed by atoms with E-state index in [2.05, 4.69) is 27.1 Å². The molecule has 1 radical (unpaired) electrons. The van der Waals surface area contributed by atoms with Crippen molar-refractivity contribution in [1.82, 2.24) is 15.0 Å². The zero-order chi connectivity index (χ0) is 26.6. The fourth-order valence-electron chi connectivity index (χ4n) is 2.79. The molecule has 0 aliphatic carbocycles. The van der Waals surface area contributed by atoms with Crippen LogP contribution in [0.1, 0.15) is 10.5 Å². The predicted molar refractivity (Wildman–Crippen MR) is 128 cm³/mol. The Labute approximate surface area is 229 Å². The predicted octanol–water partition coefficient (Wildman–Crippen LogP) is 6.43. The first-order valence-electron chi connectivity index (χ1n) is 10.6. The van der Waals surface area contributed by atoms with Crippen molar-refractivity contribution >= 4 is 5.97 Å². The number of benzene rings is 2. The third kappa shape index (κ3) is 8.99. The molecule has 0 bridgehead atoms. The van der Waals surface area contributed by atoms with Crippen LogP contribution in [-0.4, -0.2) is 26.0 Å². The molecule has 5 aromatic rings. The first kappa shape index (κ1) is 30.0. The average molecular weight is 696 g/mol. The second kappa shape index (κ2) is 15.1. The van der Waals surface area contributed by atoms with Gasteiger partial charge in [-0.05, 0) is 35.7 Å². The van der Waals surface area contributed by atoms with Crippen LogP contribution in [0.5, 0.6) is 0 Å². The Morgan fingerprint density at radius 2 is 1.08 bits per heavy atom. The van der Waals surface area contributed by atoms with Gasteiger partial charge in [0.1, 0.15) is 5.69 Å². The SMILES string of the molecule is Fc1c[c-]c(-c2ccccn2)c(F)c1.Fc1c[c-]c(-c2ccccn2)c(F)c1.O=C(O)c1ccccn1.[Ir]. The molecule has 0 aliphatic heterocycles. The second-order valence-corrected chi connectivity index (χ2v) is 7.03. The van der Waals surface area contributed by atoms with E-state index in [-0.39, 0.29) is 36.9 Å². The van der Waals surface area contributed by atoms with E-state index in [0.29, 0.717) is 11.4 Å². The quantitative estimate of drug-likeness (QED) is 0.174. The third-order valence-electron chi connectivity index (χ3n) is 4.44. The van der Waals surface area contributed by atoms with Crippen LogP contribution in [0.3, 0.4) is 0 Å². The van der Waals surface area contributed by atoms with E-state index >= 15 is 0 Å². The summed E-state index contributed by atoms with van der Waals surface area (Å²) in [6.07, 6.45) is 4.54. The van der Waals surface area contributed by atoms with E-state index in [4.69, 9.17) is 5.11 Å². The van der Waals surface area contributed by atoms with Crippen LogP contribution < -0.4 is 0 Å². The van der Waals surface area contributed by atoms with Gasteiger partial charge in [0.25, 0.3) is 0 Å². The molecule has 5 nitrogen and oxygen atoms in total. The maximum atomic E-state index is 13.2. The standard InChI is InChI=1S/2C11H6F2N.C6H5NO2.Ir/c2*12-8-4-5-9(10(13)7-8)11-3-1-2-6-14-11;8-6(9)5-3-1-2-4-7-5;/h2*1-4,6-7H;1-4H,(H,8,9);/q2*-1;;. The summed E-state index contributed by atoms with van der Waals surface area (Å²) in [5.74, 6) is -3.56. The Morgan fingerprint density at radius 1 is 0.658 bits per heavy atom. The average Bonchev–Trinajstić information content (AvgIpc) is 2.91. The van der Waals surface area contributed by atoms with Gasteiger partial charge in [-0.3, -0.25) is 17.6 Å². The van der Waals surface area contributed by atoms with Crippen molar-refractivity contribution in [3.05, 3.63) is 139 Å². The van der Waals surface area contributed by atoms with Gasteiger partial charge in [0.05, 0.1) is 0 Å². The fraction of sp³-hybridized carbons (Fsp3) is 0. The summed E-state index contributed by atoms with van der Waals surface area (Å²) < 4.78 is 51.6. The Morgan fingerprint density at radius 3 is 1.37 bits per heavy atom. The number of pyridine rings is 3. The van der Waals surface area contributed by atoms with Crippen LogP contribution in [-0.2, 0) is 20.1 Å². The van der Waals surface area contributed by atoms with Gasteiger partial charge < -0.3 is 15.1 Å².